The summed E-state index contributed by atoms with van der Waals surface area (Å²) in [5.74, 6) is 1.97. The van der Waals surface area contributed by atoms with Crippen LogP contribution in [0.4, 0.5) is 0 Å². The minimum absolute atomic E-state index is 0.653. The average Bonchev–Trinajstić information content (AvgIpc) is 3.64. The van der Waals surface area contributed by atoms with Crippen LogP contribution in [0.2, 0.25) is 0 Å². The molecule has 0 aliphatic carbocycles. The van der Waals surface area contributed by atoms with E-state index in [9.17, 15) is 0 Å². The maximum absolute atomic E-state index is 5.02. The number of benzene rings is 9. The molecule has 11 aromatic rings. The van der Waals surface area contributed by atoms with E-state index in [0.29, 0.717) is 17.5 Å². The Kier molecular flexibility index (Phi) is 6.73. The summed E-state index contributed by atoms with van der Waals surface area (Å²) in [5, 5.41) is 12.7. The van der Waals surface area contributed by atoms with Crippen LogP contribution in [0, 0.1) is 0 Å². The molecular formula is C49H29N3S. The molecule has 0 atom stereocenters. The smallest absolute Gasteiger partial charge is 0.164 e. The summed E-state index contributed by atoms with van der Waals surface area (Å²) < 4.78 is 2.64. The van der Waals surface area contributed by atoms with Gasteiger partial charge in [0.15, 0.2) is 17.5 Å². The van der Waals surface area contributed by atoms with Crippen LogP contribution in [0.5, 0.6) is 0 Å². The van der Waals surface area contributed by atoms with E-state index >= 15 is 0 Å². The van der Waals surface area contributed by atoms with Crippen LogP contribution in [0.1, 0.15) is 0 Å². The van der Waals surface area contributed by atoms with Gasteiger partial charge in [-0.15, -0.1) is 11.3 Å². The first-order valence-corrected chi connectivity index (χ1v) is 18.7. The predicted molar refractivity (Wildman–Crippen MR) is 224 cm³/mol. The summed E-state index contributed by atoms with van der Waals surface area (Å²) in [4.78, 5) is 15.0. The molecule has 0 saturated heterocycles. The topological polar surface area (TPSA) is 38.7 Å². The van der Waals surface area contributed by atoms with Gasteiger partial charge in [-0.25, -0.2) is 15.0 Å². The Balaban J connectivity index is 1.17. The van der Waals surface area contributed by atoms with E-state index in [1.165, 1.54) is 69.0 Å². The van der Waals surface area contributed by atoms with Crippen LogP contribution in [0.25, 0.3) is 109 Å². The SMILES string of the molecule is c1ccc(-c2nc(-c3ccccc3)nc(-c3ccc4c(-c5cc6ccc7ccccc7c6c6sc7ccc8ccccc8c7c56)cccc4c3)n2)cc1. The number of rotatable bonds is 4. The number of nitrogens with zero attached hydrogens (tertiary/aromatic N) is 3. The summed E-state index contributed by atoms with van der Waals surface area (Å²) in [5.41, 5.74) is 5.34. The van der Waals surface area contributed by atoms with E-state index in [4.69, 9.17) is 15.0 Å². The predicted octanol–water partition coefficient (Wildman–Crippen LogP) is 13.5. The fourth-order valence-electron chi connectivity index (χ4n) is 8.00. The lowest BCUT2D eigenvalue weighted by molar-refractivity contribution is 1.07. The first-order chi connectivity index (χ1) is 26.3. The lowest BCUT2D eigenvalue weighted by atomic mass is 9.89. The van der Waals surface area contributed by atoms with Crippen molar-refractivity contribution < 1.29 is 0 Å². The Labute approximate surface area is 309 Å². The van der Waals surface area contributed by atoms with Gasteiger partial charge in [-0.3, -0.25) is 0 Å². The van der Waals surface area contributed by atoms with E-state index in [-0.39, 0.29) is 0 Å². The Morgan fingerprint density at radius 3 is 1.58 bits per heavy atom. The van der Waals surface area contributed by atoms with Crippen molar-refractivity contribution in [2.45, 2.75) is 0 Å². The molecule has 2 heterocycles. The molecule has 0 aliphatic rings. The summed E-state index contributed by atoms with van der Waals surface area (Å²) in [6.45, 7) is 0. The second-order valence-electron chi connectivity index (χ2n) is 13.6. The van der Waals surface area contributed by atoms with Crippen molar-refractivity contribution in [1.82, 2.24) is 15.0 Å². The Morgan fingerprint density at radius 1 is 0.321 bits per heavy atom. The fraction of sp³-hybridized carbons (Fsp3) is 0. The minimum atomic E-state index is 0.653. The molecule has 246 valence electrons. The van der Waals surface area contributed by atoms with E-state index < -0.39 is 0 Å². The number of fused-ring (bicyclic) bond motifs is 10. The zero-order valence-electron chi connectivity index (χ0n) is 28.5. The molecule has 0 bridgehead atoms. The largest absolute Gasteiger partial charge is 0.208 e. The van der Waals surface area contributed by atoms with Crippen molar-refractivity contribution in [1.29, 1.82) is 0 Å². The molecule has 0 spiro atoms. The standard InChI is InChI=1S/C49H29N3S/c1-3-14-32(15-4-1)47-50-48(33-16-5-2-6-17-33)52-49(51-47)36-24-26-37-34(28-36)18-11-21-40(37)41-29-35-23-22-30-12-7-9-19-38(30)43(35)46-45(41)44-39-20-10-8-13-31(39)25-27-42(44)53-46/h1-29H. The van der Waals surface area contributed by atoms with Crippen molar-refractivity contribution in [2.75, 3.05) is 0 Å². The second kappa shape index (κ2) is 11.9. The highest BCUT2D eigenvalue weighted by Crippen LogP contribution is 2.49. The highest BCUT2D eigenvalue weighted by Gasteiger charge is 2.20. The zero-order chi connectivity index (χ0) is 34.9. The molecule has 0 aliphatic heterocycles. The molecule has 3 nitrogen and oxygen atoms in total. The second-order valence-corrected chi connectivity index (χ2v) is 14.6. The normalized spacial score (nSPS) is 11.8. The van der Waals surface area contributed by atoms with Crippen LogP contribution in [0.3, 0.4) is 0 Å². The lowest BCUT2D eigenvalue weighted by Crippen LogP contribution is -2.00. The van der Waals surface area contributed by atoms with Crippen molar-refractivity contribution in [2.24, 2.45) is 0 Å². The molecule has 0 saturated carbocycles. The first kappa shape index (κ1) is 29.9. The van der Waals surface area contributed by atoms with Gasteiger partial charge in [0.1, 0.15) is 0 Å². The van der Waals surface area contributed by atoms with Crippen LogP contribution in [-0.4, -0.2) is 15.0 Å². The molecule has 9 aromatic carbocycles. The fourth-order valence-corrected chi connectivity index (χ4v) is 9.31. The molecule has 0 N–H and O–H groups in total. The summed E-state index contributed by atoms with van der Waals surface area (Å²) >= 11 is 1.91. The third kappa shape index (κ3) is 4.84. The molecule has 2 aromatic heterocycles. The molecule has 0 radical (unpaired) electrons. The number of thiophene rings is 1. The number of hydrogen-bond donors (Lipinski definition) is 0. The lowest BCUT2D eigenvalue weighted by Gasteiger charge is -2.14. The Bertz CT molecular complexity index is 3160. The van der Waals surface area contributed by atoms with Gasteiger partial charge in [-0.1, -0.05) is 158 Å². The maximum Gasteiger partial charge on any atom is 0.164 e. The van der Waals surface area contributed by atoms with Gasteiger partial charge in [0.2, 0.25) is 0 Å². The highest BCUT2D eigenvalue weighted by molar-refractivity contribution is 7.27. The van der Waals surface area contributed by atoms with Crippen molar-refractivity contribution in [3.05, 3.63) is 176 Å². The van der Waals surface area contributed by atoms with Gasteiger partial charge in [-0.05, 0) is 67.0 Å². The number of aromatic nitrogens is 3. The van der Waals surface area contributed by atoms with E-state index in [1.54, 1.807) is 0 Å². The van der Waals surface area contributed by atoms with Crippen molar-refractivity contribution >= 4 is 74.6 Å². The van der Waals surface area contributed by atoms with Gasteiger partial charge in [0.25, 0.3) is 0 Å². The van der Waals surface area contributed by atoms with Gasteiger partial charge in [0, 0.05) is 42.2 Å². The first-order valence-electron chi connectivity index (χ1n) is 17.9. The van der Waals surface area contributed by atoms with Crippen LogP contribution >= 0.6 is 11.3 Å². The molecule has 53 heavy (non-hydrogen) atoms. The third-order valence-electron chi connectivity index (χ3n) is 10.5. The molecule has 11 rings (SSSR count). The monoisotopic (exact) mass is 691 g/mol. The summed E-state index contributed by atoms with van der Waals surface area (Å²) in [7, 11) is 0. The van der Waals surface area contributed by atoms with Crippen LogP contribution in [0.15, 0.2) is 176 Å². The molecule has 0 amide bonds. The molecule has 0 fully saturated rings. The van der Waals surface area contributed by atoms with Gasteiger partial charge < -0.3 is 0 Å². The van der Waals surface area contributed by atoms with Crippen molar-refractivity contribution in [3.63, 3.8) is 0 Å². The van der Waals surface area contributed by atoms with Gasteiger partial charge >= 0.3 is 0 Å². The highest BCUT2D eigenvalue weighted by atomic mass is 32.1. The molecular weight excluding hydrogens is 663 g/mol. The molecule has 4 heteroatoms. The van der Waals surface area contributed by atoms with Gasteiger partial charge in [-0.2, -0.15) is 0 Å². The molecule has 0 unspecified atom stereocenters. The quantitative estimate of drug-likeness (QED) is 0.172. The van der Waals surface area contributed by atoms with E-state index in [0.717, 1.165) is 22.1 Å². The van der Waals surface area contributed by atoms with Crippen LogP contribution in [-0.2, 0) is 0 Å². The Hall–Kier alpha value is -6.75. The summed E-state index contributed by atoms with van der Waals surface area (Å²) in [6.07, 6.45) is 0. The van der Waals surface area contributed by atoms with Crippen LogP contribution < -0.4 is 0 Å². The third-order valence-corrected chi connectivity index (χ3v) is 11.6. The zero-order valence-corrected chi connectivity index (χ0v) is 29.3. The summed E-state index contributed by atoms with van der Waals surface area (Å²) in [6, 6.07) is 62.7. The van der Waals surface area contributed by atoms with Gasteiger partial charge in [0.05, 0.1) is 0 Å². The Morgan fingerprint density at radius 2 is 0.887 bits per heavy atom. The minimum Gasteiger partial charge on any atom is -0.208 e. The maximum atomic E-state index is 5.02. The van der Waals surface area contributed by atoms with E-state index in [1.807, 2.05) is 72.0 Å². The van der Waals surface area contributed by atoms with E-state index in [2.05, 4.69) is 115 Å². The average molecular weight is 692 g/mol. The number of hydrogen-bond acceptors (Lipinski definition) is 4. The van der Waals surface area contributed by atoms with Crippen molar-refractivity contribution in [3.8, 4) is 45.3 Å².